The Morgan fingerprint density at radius 3 is 2.93 bits per heavy atom. The van der Waals surface area contributed by atoms with Gasteiger partial charge in [0.2, 0.25) is 0 Å². The molecule has 6 nitrogen and oxygen atoms in total. The molecule has 3 N–H and O–H groups in total. The number of aromatic nitrogens is 2. The summed E-state index contributed by atoms with van der Waals surface area (Å²) in [4.78, 5) is 2.06. The molecular formula is C22H23F2N3O3. The first-order valence-corrected chi connectivity index (χ1v) is 10.1. The molecule has 30 heavy (non-hydrogen) atoms. The number of aliphatic hydroxyl groups is 2. The summed E-state index contributed by atoms with van der Waals surface area (Å²) in [6.45, 7) is 1.47. The first-order valence-electron chi connectivity index (χ1n) is 10.1. The lowest BCUT2D eigenvalue weighted by atomic mass is 9.95. The minimum absolute atomic E-state index is 0.00638. The monoisotopic (exact) mass is 415 g/mol. The second kappa shape index (κ2) is 7.30. The second-order valence-electron chi connectivity index (χ2n) is 8.48. The van der Waals surface area contributed by atoms with E-state index >= 15 is 0 Å². The average molecular weight is 415 g/mol. The van der Waals surface area contributed by atoms with Crippen LogP contribution in [0.5, 0.6) is 5.75 Å². The fourth-order valence-corrected chi connectivity index (χ4v) is 4.88. The Labute approximate surface area is 172 Å². The maximum Gasteiger partial charge on any atom is 0.167 e. The van der Waals surface area contributed by atoms with Gasteiger partial charge in [0.1, 0.15) is 11.9 Å². The number of aromatic amines is 1. The molecule has 0 unspecified atom stereocenters. The highest BCUT2D eigenvalue weighted by molar-refractivity contribution is 5.78. The van der Waals surface area contributed by atoms with Crippen molar-refractivity contribution in [2.24, 2.45) is 5.92 Å². The zero-order valence-corrected chi connectivity index (χ0v) is 16.3. The van der Waals surface area contributed by atoms with Gasteiger partial charge < -0.3 is 14.9 Å². The Bertz CT molecular complexity index is 1070. The normalized spacial score (nSPS) is 27.5. The fourth-order valence-electron chi connectivity index (χ4n) is 4.88. The molecule has 2 heterocycles. The number of nitrogens with one attached hydrogen (secondary N) is 1. The molecule has 1 saturated carbocycles. The van der Waals surface area contributed by atoms with Crippen LogP contribution >= 0.6 is 0 Å². The third kappa shape index (κ3) is 3.55. The lowest BCUT2D eigenvalue weighted by Gasteiger charge is -2.25. The highest BCUT2D eigenvalue weighted by atomic mass is 19.1. The Kier molecular flexibility index (Phi) is 4.72. The minimum atomic E-state index is -0.935. The van der Waals surface area contributed by atoms with E-state index in [2.05, 4.69) is 15.1 Å². The Morgan fingerprint density at radius 1 is 1.27 bits per heavy atom. The smallest absolute Gasteiger partial charge is 0.167 e. The van der Waals surface area contributed by atoms with E-state index in [1.807, 2.05) is 18.2 Å². The number of likely N-dealkylation sites (tertiary alicyclic amines) is 1. The summed E-state index contributed by atoms with van der Waals surface area (Å²) in [5.41, 5.74) is 0.788. The van der Waals surface area contributed by atoms with Crippen molar-refractivity contribution in [2.75, 3.05) is 19.6 Å². The summed E-state index contributed by atoms with van der Waals surface area (Å²) in [6.07, 6.45) is 1.68. The van der Waals surface area contributed by atoms with E-state index in [4.69, 9.17) is 4.74 Å². The Hall–Kier alpha value is -2.55. The highest BCUT2D eigenvalue weighted by Gasteiger charge is 2.52. The van der Waals surface area contributed by atoms with Gasteiger partial charge in [0.05, 0.1) is 23.4 Å². The van der Waals surface area contributed by atoms with Crippen LogP contribution in [0.3, 0.4) is 0 Å². The number of fused-ring (bicyclic) bond motifs is 2. The van der Waals surface area contributed by atoms with Crippen LogP contribution in [0.25, 0.3) is 10.9 Å². The quantitative estimate of drug-likeness (QED) is 0.597. The van der Waals surface area contributed by atoms with E-state index in [0.717, 1.165) is 28.6 Å². The summed E-state index contributed by atoms with van der Waals surface area (Å²) < 4.78 is 32.6. The van der Waals surface area contributed by atoms with Crippen LogP contribution in [-0.2, 0) is 0 Å². The van der Waals surface area contributed by atoms with E-state index in [1.54, 1.807) is 6.20 Å². The van der Waals surface area contributed by atoms with Gasteiger partial charge in [-0.1, -0.05) is 6.07 Å². The zero-order chi connectivity index (χ0) is 20.9. The molecule has 1 aromatic heterocycles. The molecule has 1 aliphatic heterocycles. The van der Waals surface area contributed by atoms with Crippen LogP contribution in [0.1, 0.15) is 24.5 Å². The third-order valence-electron chi connectivity index (χ3n) is 6.33. The topological polar surface area (TPSA) is 81.6 Å². The Morgan fingerprint density at radius 2 is 2.13 bits per heavy atom. The van der Waals surface area contributed by atoms with Gasteiger partial charge in [0.25, 0.3) is 0 Å². The standard InChI is InChI=1S/C22H23F2N3O3/c23-16-2-4-21(18(24)7-16)30-17-6-15-10-27(12-22(15,29)8-17)11-20(28)13-1-3-19-14(5-13)9-25-26-19/h1-5,7,9,15,17,20,28-29H,6,8,10-12H2,(H,25,26)/t15-,17+,20-,22-/m1/s1. The molecule has 2 aromatic carbocycles. The molecule has 0 spiro atoms. The summed E-state index contributed by atoms with van der Waals surface area (Å²) in [7, 11) is 0. The van der Waals surface area contributed by atoms with Crippen molar-refractivity contribution >= 4 is 10.9 Å². The maximum absolute atomic E-state index is 13.9. The van der Waals surface area contributed by atoms with Crippen LogP contribution in [0.4, 0.5) is 8.78 Å². The van der Waals surface area contributed by atoms with E-state index in [9.17, 15) is 19.0 Å². The number of hydrogen-bond donors (Lipinski definition) is 3. The highest BCUT2D eigenvalue weighted by Crippen LogP contribution is 2.43. The van der Waals surface area contributed by atoms with E-state index < -0.39 is 23.3 Å². The van der Waals surface area contributed by atoms with Gasteiger partial charge in [-0.3, -0.25) is 10.00 Å². The number of H-pyrrole nitrogens is 1. The summed E-state index contributed by atoms with van der Waals surface area (Å²) in [6, 6.07) is 8.91. The first kappa shape index (κ1) is 19.4. The van der Waals surface area contributed by atoms with Crippen molar-refractivity contribution in [3.63, 3.8) is 0 Å². The molecule has 0 amide bonds. The van der Waals surface area contributed by atoms with Crippen LogP contribution in [0.15, 0.2) is 42.6 Å². The number of nitrogens with zero attached hydrogens (tertiary/aromatic N) is 2. The van der Waals surface area contributed by atoms with Gasteiger partial charge in [0.15, 0.2) is 11.6 Å². The molecule has 158 valence electrons. The van der Waals surface area contributed by atoms with Crippen molar-refractivity contribution in [1.29, 1.82) is 0 Å². The lowest BCUT2D eigenvalue weighted by Crippen LogP contribution is -2.36. The van der Waals surface area contributed by atoms with E-state index in [1.165, 1.54) is 6.07 Å². The number of β-amino-alcohol motifs (C(OH)–C–C–N with tert-alkyl or cyclic N) is 2. The molecule has 5 rings (SSSR count). The summed E-state index contributed by atoms with van der Waals surface area (Å²) in [5, 5.41) is 29.6. The summed E-state index contributed by atoms with van der Waals surface area (Å²) >= 11 is 0. The average Bonchev–Trinajstić information content (AvgIpc) is 3.35. The fraction of sp³-hybridized carbons (Fsp3) is 0.409. The predicted molar refractivity (Wildman–Crippen MR) is 106 cm³/mol. The van der Waals surface area contributed by atoms with Crippen LogP contribution in [0.2, 0.25) is 0 Å². The molecule has 2 fully saturated rings. The number of aliphatic hydroxyl groups excluding tert-OH is 1. The minimum Gasteiger partial charge on any atom is -0.487 e. The Balaban J connectivity index is 1.21. The maximum atomic E-state index is 13.9. The van der Waals surface area contributed by atoms with Gasteiger partial charge >= 0.3 is 0 Å². The number of halogens is 2. The van der Waals surface area contributed by atoms with E-state index in [-0.39, 0.29) is 17.8 Å². The van der Waals surface area contributed by atoms with Gasteiger partial charge in [-0.25, -0.2) is 8.78 Å². The molecule has 4 atom stereocenters. The van der Waals surface area contributed by atoms with Gasteiger partial charge in [-0.15, -0.1) is 0 Å². The van der Waals surface area contributed by atoms with Crippen LogP contribution in [-0.4, -0.2) is 56.6 Å². The SMILES string of the molecule is O[C@H](CN1C[C@H]2C[C@H](Oc3ccc(F)cc3F)C[C@@]2(O)C1)c1ccc2[nH]ncc2c1. The number of ether oxygens (including phenoxy) is 1. The van der Waals surface area contributed by atoms with Crippen molar-refractivity contribution in [1.82, 2.24) is 15.1 Å². The largest absolute Gasteiger partial charge is 0.487 e. The van der Waals surface area contributed by atoms with Crippen LogP contribution < -0.4 is 4.74 Å². The molecule has 3 aromatic rings. The first-order chi connectivity index (χ1) is 14.4. The summed E-state index contributed by atoms with van der Waals surface area (Å²) in [5.74, 6) is -1.40. The van der Waals surface area contributed by atoms with Crippen LogP contribution in [0, 0.1) is 17.6 Å². The van der Waals surface area contributed by atoms with Gasteiger partial charge in [0, 0.05) is 43.4 Å². The van der Waals surface area contributed by atoms with Crippen molar-refractivity contribution in [3.05, 3.63) is 59.8 Å². The number of benzene rings is 2. The van der Waals surface area contributed by atoms with Crippen molar-refractivity contribution in [3.8, 4) is 5.75 Å². The van der Waals surface area contributed by atoms with E-state index in [0.29, 0.717) is 32.5 Å². The van der Waals surface area contributed by atoms with Gasteiger partial charge in [-0.2, -0.15) is 5.10 Å². The molecule has 2 aliphatic rings. The molecule has 8 heteroatoms. The molecule has 1 aliphatic carbocycles. The molecule has 0 radical (unpaired) electrons. The zero-order valence-electron chi connectivity index (χ0n) is 16.3. The number of hydrogen-bond acceptors (Lipinski definition) is 5. The predicted octanol–water partition coefficient (Wildman–Crippen LogP) is 2.78. The second-order valence-corrected chi connectivity index (χ2v) is 8.48. The molecule has 0 bridgehead atoms. The third-order valence-corrected chi connectivity index (χ3v) is 6.33. The van der Waals surface area contributed by atoms with Crippen molar-refractivity contribution < 1.29 is 23.7 Å². The van der Waals surface area contributed by atoms with Gasteiger partial charge in [-0.05, 0) is 36.2 Å². The lowest BCUT2D eigenvalue weighted by molar-refractivity contribution is 0.0175. The molecule has 1 saturated heterocycles. The van der Waals surface area contributed by atoms with Crippen molar-refractivity contribution in [2.45, 2.75) is 30.7 Å². The molecular weight excluding hydrogens is 392 g/mol. The number of rotatable bonds is 5.